The Kier molecular flexibility index (Phi) is 3.94. The van der Waals surface area contributed by atoms with E-state index in [1.54, 1.807) is 14.0 Å². The Hall–Kier alpha value is -2.17. The molecule has 5 heteroatoms. The van der Waals surface area contributed by atoms with Crippen LogP contribution >= 0.6 is 0 Å². The maximum absolute atomic E-state index is 13.8. The van der Waals surface area contributed by atoms with Gasteiger partial charge in [-0.1, -0.05) is 12.1 Å². The number of anilines is 1. The fraction of sp³-hybridized carbons (Fsp3) is 0.286. The van der Waals surface area contributed by atoms with Crippen LogP contribution in [0.3, 0.4) is 0 Å². The summed E-state index contributed by atoms with van der Waals surface area (Å²) in [5, 5.41) is 2.90. The number of methoxy groups -OCH3 is 1. The molecule has 2 rings (SSSR count). The first-order valence-corrected chi connectivity index (χ1v) is 6.08. The zero-order chi connectivity index (χ0) is 13.8. The summed E-state index contributed by atoms with van der Waals surface area (Å²) in [5.41, 5.74) is 1.05. The van der Waals surface area contributed by atoms with Gasteiger partial charge in [0.05, 0.1) is 18.4 Å². The zero-order valence-electron chi connectivity index (χ0n) is 11.2. The van der Waals surface area contributed by atoms with Gasteiger partial charge in [-0.25, -0.2) is 14.4 Å². The molecule has 2 aromatic rings. The minimum atomic E-state index is -0.416. The van der Waals surface area contributed by atoms with E-state index in [1.807, 2.05) is 31.2 Å². The van der Waals surface area contributed by atoms with Crippen LogP contribution in [-0.4, -0.2) is 23.6 Å². The van der Waals surface area contributed by atoms with E-state index in [0.717, 1.165) is 5.56 Å². The lowest BCUT2D eigenvalue weighted by molar-refractivity contribution is 0.416. The van der Waals surface area contributed by atoms with Crippen molar-refractivity contribution in [3.8, 4) is 17.1 Å². The number of aryl methyl sites for hydroxylation is 1. The zero-order valence-corrected chi connectivity index (χ0v) is 11.2. The molecule has 1 heterocycles. The van der Waals surface area contributed by atoms with Gasteiger partial charge in [-0.2, -0.15) is 0 Å². The van der Waals surface area contributed by atoms with Crippen molar-refractivity contribution in [1.29, 1.82) is 0 Å². The van der Waals surface area contributed by atoms with Crippen LogP contribution in [0.5, 0.6) is 5.75 Å². The third-order valence-electron chi connectivity index (χ3n) is 2.71. The van der Waals surface area contributed by atoms with Gasteiger partial charge in [0, 0.05) is 6.54 Å². The highest BCUT2D eigenvalue weighted by molar-refractivity contribution is 5.65. The SMILES string of the molecule is CCNc1nc(-c2ccccc2OC)nc(C)c1F. The van der Waals surface area contributed by atoms with Gasteiger partial charge >= 0.3 is 0 Å². The number of rotatable bonds is 4. The largest absolute Gasteiger partial charge is 0.496 e. The van der Waals surface area contributed by atoms with Gasteiger partial charge in [0.15, 0.2) is 17.5 Å². The lowest BCUT2D eigenvalue weighted by Crippen LogP contribution is -2.07. The third-order valence-corrected chi connectivity index (χ3v) is 2.71. The number of hydrogen-bond donors (Lipinski definition) is 1. The normalized spacial score (nSPS) is 10.3. The van der Waals surface area contributed by atoms with E-state index in [-0.39, 0.29) is 5.82 Å². The molecule has 1 aromatic carbocycles. The van der Waals surface area contributed by atoms with Crippen molar-refractivity contribution in [2.45, 2.75) is 13.8 Å². The molecule has 0 aliphatic rings. The van der Waals surface area contributed by atoms with Crippen molar-refractivity contribution in [3.63, 3.8) is 0 Å². The molecule has 0 aliphatic heterocycles. The molecule has 0 saturated carbocycles. The summed E-state index contributed by atoms with van der Waals surface area (Å²) in [6.07, 6.45) is 0. The number of ether oxygens (including phenoxy) is 1. The van der Waals surface area contributed by atoms with E-state index in [9.17, 15) is 4.39 Å². The highest BCUT2D eigenvalue weighted by Gasteiger charge is 2.14. The van der Waals surface area contributed by atoms with Crippen LogP contribution in [0.15, 0.2) is 24.3 Å². The second-order valence-electron chi connectivity index (χ2n) is 4.03. The standard InChI is InChI=1S/C14H16FN3O/c1-4-16-14-12(15)9(2)17-13(18-14)10-7-5-6-8-11(10)19-3/h5-8H,4H2,1-3H3,(H,16,17,18). The molecule has 0 fully saturated rings. The highest BCUT2D eigenvalue weighted by Crippen LogP contribution is 2.28. The Bertz CT molecular complexity index is 587. The molecular weight excluding hydrogens is 245 g/mol. The van der Waals surface area contributed by atoms with E-state index in [2.05, 4.69) is 15.3 Å². The average molecular weight is 261 g/mol. The predicted molar refractivity (Wildman–Crippen MR) is 72.9 cm³/mol. The van der Waals surface area contributed by atoms with Gasteiger partial charge in [0.25, 0.3) is 0 Å². The van der Waals surface area contributed by atoms with Crippen LogP contribution in [0.1, 0.15) is 12.6 Å². The van der Waals surface area contributed by atoms with Gasteiger partial charge in [0.2, 0.25) is 0 Å². The smallest absolute Gasteiger partial charge is 0.186 e. The second kappa shape index (κ2) is 5.65. The van der Waals surface area contributed by atoms with Crippen LogP contribution in [0.2, 0.25) is 0 Å². The third kappa shape index (κ3) is 2.65. The Balaban J connectivity index is 2.56. The number of halogens is 1. The summed E-state index contributed by atoms with van der Waals surface area (Å²) in [6.45, 7) is 4.11. The van der Waals surface area contributed by atoms with Crippen LogP contribution in [-0.2, 0) is 0 Å². The minimum absolute atomic E-state index is 0.218. The number of para-hydroxylation sites is 1. The number of benzene rings is 1. The molecule has 0 atom stereocenters. The summed E-state index contributed by atoms with van der Waals surface area (Å²) in [5.74, 6) is 0.916. The molecule has 19 heavy (non-hydrogen) atoms. The molecule has 0 unspecified atom stereocenters. The fourth-order valence-corrected chi connectivity index (χ4v) is 1.79. The van der Waals surface area contributed by atoms with Crippen molar-refractivity contribution in [2.24, 2.45) is 0 Å². The summed E-state index contributed by atoms with van der Waals surface area (Å²) in [6, 6.07) is 7.41. The summed E-state index contributed by atoms with van der Waals surface area (Å²) >= 11 is 0. The van der Waals surface area contributed by atoms with Gasteiger partial charge < -0.3 is 10.1 Å². The molecule has 0 radical (unpaired) electrons. The lowest BCUT2D eigenvalue weighted by atomic mass is 10.2. The van der Waals surface area contributed by atoms with Crippen molar-refractivity contribution in [3.05, 3.63) is 35.8 Å². The molecule has 0 bridgehead atoms. The van der Waals surface area contributed by atoms with E-state index >= 15 is 0 Å². The maximum atomic E-state index is 13.8. The van der Waals surface area contributed by atoms with E-state index in [4.69, 9.17) is 4.74 Å². The molecular formula is C14H16FN3O. The lowest BCUT2D eigenvalue weighted by Gasteiger charge is -2.11. The van der Waals surface area contributed by atoms with Crippen molar-refractivity contribution in [1.82, 2.24) is 9.97 Å². The summed E-state index contributed by atoms with van der Waals surface area (Å²) < 4.78 is 19.1. The van der Waals surface area contributed by atoms with Gasteiger partial charge in [-0.05, 0) is 26.0 Å². The summed E-state index contributed by atoms with van der Waals surface area (Å²) in [7, 11) is 1.58. The maximum Gasteiger partial charge on any atom is 0.186 e. The molecule has 1 aromatic heterocycles. The molecule has 0 saturated heterocycles. The van der Waals surface area contributed by atoms with Crippen molar-refractivity contribution < 1.29 is 9.13 Å². The van der Waals surface area contributed by atoms with Crippen LogP contribution in [0, 0.1) is 12.7 Å². The molecule has 100 valence electrons. The Morgan fingerprint density at radius 1 is 1.26 bits per heavy atom. The molecule has 1 N–H and O–H groups in total. The Morgan fingerprint density at radius 3 is 2.68 bits per heavy atom. The van der Waals surface area contributed by atoms with Crippen molar-refractivity contribution >= 4 is 5.82 Å². The number of aromatic nitrogens is 2. The van der Waals surface area contributed by atoms with E-state index in [0.29, 0.717) is 23.8 Å². The fourth-order valence-electron chi connectivity index (χ4n) is 1.79. The molecule has 0 aliphatic carbocycles. The highest BCUT2D eigenvalue weighted by atomic mass is 19.1. The van der Waals surface area contributed by atoms with Crippen LogP contribution in [0.25, 0.3) is 11.4 Å². The number of hydrogen-bond acceptors (Lipinski definition) is 4. The first-order valence-electron chi connectivity index (χ1n) is 6.08. The van der Waals surface area contributed by atoms with Crippen molar-refractivity contribution in [2.75, 3.05) is 19.0 Å². The molecule has 0 spiro atoms. The minimum Gasteiger partial charge on any atom is -0.496 e. The average Bonchev–Trinajstić information content (AvgIpc) is 2.43. The first-order chi connectivity index (χ1) is 9.17. The monoisotopic (exact) mass is 261 g/mol. The van der Waals surface area contributed by atoms with E-state index < -0.39 is 5.82 Å². The van der Waals surface area contributed by atoms with E-state index in [1.165, 1.54) is 0 Å². The quantitative estimate of drug-likeness (QED) is 0.919. The number of nitrogens with one attached hydrogen (secondary N) is 1. The number of nitrogens with zero attached hydrogens (tertiary/aromatic N) is 2. The molecule has 4 nitrogen and oxygen atoms in total. The van der Waals surface area contributed by atoms with Crippen LogP contribution in [0.4, 0.5) is 10.2 Å². The first kappa shape index (κ1) is 13.3. The van der Waals surface area contributed by atoms with Crippen LogP contribution < -0.4 is 10.1 Å². The topological polar surface area (TPSA) is 47.0 Å². The molecule has 0 amide bonds. The Labute approximate surface area is 111 Å². The second-order valence-corrected chi connectivity index (χ2v) is 4.03. The Morgan fingerprint density at radius 2 is 2.00 bits per heavy atom. The van der Waals surface area contributed by atoms with Gasteiger partial charge in [0.1, 0.15) is 5.75 Å². The van der Waals surface area contributed by atoms with Gasteiger partial charge in [-0.3, -0.25) is 0 Å². The summed E-state index contributed by atoms with van der Waals surface area (Å²) in [4.78, 5) is 8.41. The van der Waals surface area contributed by atoms with Gasteiger partial charge in [-0.15, -0.1) is 0 Å². The predicted octanol–water partition coefficient (Wildman–Crippen LogP) is 3.03.